The van der Waals surface area contributed by atoms with Crippen LogP contribution in [0.1, 0.15) is 15.9 Å². The van der Waals surface area contributed by atoms with E-state index in [0.717, 1.165) is 5.56 Å². The Balaban J connectivity index is 2.01. The van der Waals surface area contributed by atoms with Gasteiger partial charge < -0.3 is 19.7 Å². The third kappa shape index (κ3) is 4.90. The first-order valence-electron chi connectivity index (χ1n) is 9.58. The van der Waals surface area contributed by atoms with Crippen LogP contribution in [0.4, 0.5) is 11.4 Å². The molecule has 8 heteroatoms. The number of nitrogens with zero attached hydrogens (tertiary/aromatic N) is 1. The average molecular weight is 453 g/mol. The van der Waals surface area contributed by atoms with E-state index in [4.69, 9.17) is 21.1 Å². The maximum atomic E-state index is 12.9. The van der Waals surface area contributed by atoms with Gasteiger partial charge in [-0.2, -0.15) is 0 Å². The van der Waals surface area contributed by atoms with E-state index in [1.807, 2.05) is 13.0 Å². The van der Waals surface area contributed by atoms with Crippen molar-refractivity contribution in [3.8, 4) is 0 Å². The van der Waals surface area contributed by atoms with Gasteiger partial charge in [-0.1, -0.05) is 29.8 Å². The van der Waals surface area contributed by atoms with Crippen LogP contribution < -0.4 is 10.2 Å². The lowest BCUT2D eigenvalue weighted by molar-refractivity contribution is -0.139. The molecule has 1 amide bonds. The smallest absolute Gasteiger partial charge is 0.355 e. The minimum Gasteiger partial charge on any atom is -0.465 e. The van der Waals surface area contributed by atoms with Gasteiger partial charge >= 0.3 is 11.9 Å². The van der Waals surface area contributed by atoms with Crippen LogP contribution in [-0.4, -0.2) is 32.1 Å². The molecule has 0 spiro atoms. The van der Waals surface area contributed by atoms with Crippen molar-refractivity contribution in [1.82, 2.24) is 0 Å². The Morgan fingerprint density at radius 2 is 1.72 bits per heavy atom. The Kier molecular flexibility index (Phi) is 7.12. The molecule has 7 nitrogen and oxygen atoms in total. The van der Waals surface area contributed by atoms with Gasteiger partial charge in [0.05, 0.1) is 19.8 Å². The zero-order valence-electron chi connectivity index (χ0n) is 17.7. The van der Waals surface area contributed by atoms with Crippen molar-refractivity contribution in [3.63, 3.8) is 0 Å². The summed E-state index contributed by atoms with van der Waals surface area (Å²) >= 11 is 6.04. The van der Waals surface area contributed by atoms with Gasteiger partial charge in [0.25, 0.3) is 5.91 Å². The molecule has 2 aromatic rings. The Morgan fingerprint density at radius 3 is 2.44 bits per heavy atom. The van der Waals surface area contributed by atoms with Crippen molar-refractivity contribution < 1.29 is 23.9 Å². The third-order valence-corrected chi connectivity index (χ3v) is 4.96. The fourth-order valence-corrected chi connectivity index (χ4v) is 3.26. The quantitative estimate of drug-likeness (QED) is 0.677. The van der Waals surface area contributed by atoms with E-state index < -0.39 is 11.9 Å². The summed E-state index contributed by atoms with van der Waals surface area (Å²) in [6.45, 7) is 1.86. The number of carbonyl (C=O) groups is 3. The second kappa shape index (κ2) is 9.98. The van der Waals surface area contributed by atoms with Gasteiger partial charge in [0.1, 0.15) is 5.70 Å². The summed E-state index contributed by atoms with van der Waals surface area (Å²) < 4.78 is 9.72. The van der Waals surface area contributed by atoms with Crippen molar-refractivity contribution in [3.05, 3.63) is 94.3 Å². The summed E-state index contributed by atoms with van der Waals surface area (Å²) in [6.07, 6.45) is 6.32. The maximum Gasteiger partial charge on any atom is 0.355 e. The molecule has 1 aliphatic heterocycles. The predicted octanol–water partition coefficient (Wildman–Crippen LogP) is 4.39. The summed E-state index contributed by atoms with van der Waals surface area (Å²) in [5.74, 6) is -1.78. The van der Waals surface area contributed by atoms with Gasteiger partial charge in [0.2, 0.25) is 0 Å². The van der Waals surface area contributed by atoms with Crippen LogP contribution in [0.2, 0.25) is 5.02 Å². The molecule has 0 unspecified atom stereocenters. The number of benzene rings is 2. The van der Waals surface area contributed by atoms with Gasteiger partial charge in [-0.05, 0) is 55.0 Å². The van der Waals surface area contributed by atoms with Gasteiger partial charge in [0.15, 0.2) is 0 Å². The van der Waals surface area contributed by atoms with E-state index in [-0.39, 0.29) is 17.2 Å². The SMILES string of the molecule is COC(=O)C1=C(C(=O)OC)N(c2cccc(C(=O)Nc3cc(Cl)ccc3C)c2)C=CC=C1. The monoisotopic (exact) mass is 452 g/mol. The minimum atomic E-state index is -0.731. The molecule has 0 saturated heterocycles. The number of nitrogens with one attached hydrogen (secondary N) is 1. The standard InChI is InChI=1S/C24H21ClN2O5/c1-15-10-11-17(25)14-20(15)26-22(28)16-7-6-8-18(13-16)27-12-5-4-9-19(23(29)31-2)21(27)24(30)32-3/h4-14H,1-3H3,(H,26,28). The number of esters is 2. The molecule has 0 atom stereocenters. The van der Waals surface area contributed by atoms with E-state index in [0.29, 0.717) is 22.0 Å². The lowest BCUT2D eigenvalue weighted by Crippen LogP contribution is -2.27. The fraction of sp³-hybridized carbons (Fsp3) is 0.125. The van der Waals surface area contributed by atoms with Crippen molar-refractivity contribution >= 4 is 40.8 Å². The summed E-state index contributed by atoms with van der Waals surface area (Å²) in [7, 11) is 2.45. The zero-order valence-corrected chi connectivity index (χ0v) is 18.5. The molecule has 3 rings (SSSR count). The van der Waals surface area contributed by atoms with E-state index in [9.17, 15) is 14.4 Å². The second-order valence-corrected chi connectivity index (χ2v) is 7.22. The molecule has 0 radical (unpaired) electrons. The molecular formula is C24H21ClN2O5. The molecule has 1 N–H and O–H groups in total. The van der Waals surface area contributed by atoms with Gasteiger partial charge in [-0.3, -0.25) is 4.79 Å². The third-order valence-electron chi connectivity index (χ3n) is 4.72. The first-order valence-corrected chi connectivity index (χ1v) is 9.96. The molecule has 0 bridgehead atoms. The zero-order chi connectivity index (χ0) is 23.3. The molecule has 164 valence electrons. The number of methoxy groups -OCH3 is 2. The lowest BCUT2D eigenvalue weighted by atomic mass is 10.1. The number of anilines is 2. The predicted molar refractivity (Wildman–Crippen MR) is 122 cm³/mol. The molecule has 0 aliphatic carbocycles. The highest BCUT2D eigenvalue weighted by atomic mass is 35.5. The fourth-order valence-electron chi connectivity index (χ4n) is 3.09. The van der Waals surface area contributed by atoms with E-state index in [2.05, 4.69) is 5.32 Å². The van der Waals surface area contributed by atoms with Crippen LogP contribution in [0.25, 0.3) is 0 Å². The van der Waals surface area contributed by atoms with Gasteiger partial charge in [-0.15, -0.1) is 0 Å². The molecule has 2 aromatic carbocycles. The van der Waals surface area contributed by atoms with Crippen LogP contribution in [0.15, 0.2) is 78.2 Å². The molecule has 0 saturated carbocycles. The normalized spacial score (nSPS) is 12.9. The minimum absolute atomic E-state index is 0.0220. The largest absolute Gasteiger partial charge is 0.465 e. The number of hydrogen-bond acceptors (Lipinski definition) is 6. The van der Waals surface area contributed by atoms with Crippen molar-refractivity contribution in [2.75, 3.05) is 24.4 Å². The van der Waals surface area contributed by atoms with Gasteiger partial charge in [0, 0.05) is 28.2 Å². The average Bonchev–Trinajstić information content (AvgIpc) is 3.03. The van der Waals surface area contributed by atoms with Crippen LogP contribution in [-0.2, 0) is 19.1 Å². The molecule has 32 heavy (non-hydrogen) atoms. The summed E-state index contributed by atoms with van der Waals surface area (Å²) in [5, 5.41) is 3.35. The molecule has 1 aliphatic rings. The first-order chi connectivity index (χ1) is 15.3. The van der Waals surface area contributed by atoms with Crippen molar-refractivity contribution in [2.45, 2.75) is 6.92 Å². The van der Waals surface area contributed by atoms with Crippen LogP contribution in [0, 0.1) is 6.92 Å². The Bertz CT molecular complexity index is 1170. The van der Waals surface area contributed by atoms with Crippen LogP contribution >= 0.6 is 11.6 Å². The van der Waals surface area contributed by atoms with E-state index in [1.54, 1.807) is 54.8 Å². The Morgan fingerprint density at radius 1 is 0.969 bits per heavy atom. The van der Waals surface area contributed by atoms with E-state index >= 15 is 0 Å². The van der Waals surface area contributed by atoms with Crippen molar-refractivity contribution in [1.29, 1.82) is 0 Å². The second-order valence-electron chi connectivity index (χ2n) is 6.78. The summed E-state index contributed by atoms with van der Waals surface area (Å²) in [5.41, 5.74) is 2.26. The number of halogens is 1. The van der Waals surface area contributed by atoms with Crippen LogP contribution in [0.5, 0.6) is 0 Å². The molecular weight excluding hydrogens is 432 g/mol. The molecule has 0 aromatic heterocycles. The van der Waals surface area contributed by atoms with Gasteiger partial charge in [-0.25, -0.2) is 9.59 Å². The number of hydrogen-bond donors (Lipinski definition) is 1. The number of carbonyl (C=O) groups excluding carboxylic acids is 3. The van der Waals surface area contributed by atoms with Crippen LogP contribution in [0.3, 0.4) is 0 Å². The number of allylic oxidation sites excluding steroid dienone is 2. The number of aryl methyl sites for hydroxylation is 1. The summed E-state index contributed by atoms with van der Waals surface area (Å²) in [4.78, 5) is 39.2. The first kappa shape index (κ1) is 22.8. The maximum absolute atomic E-state index is 12.9. The van der Waals surface area contributed by atoms with E-state index in [1.165, 1.54) is 25.2 Å². The lowest BCUT2D eigenvalue weighted by Gasteiger charge is -2.23. The highest BCUT2D eigenvalue weighted by molar-refractivity contribution is 6.31. The number of rotatable bonds is 5. The highest BCUT2D eigenvalue weighted by Gasteiger charge is 2.27. The number of amides is 1. The highest BCUT2D eigenvalue weighted by Crippen LogP contribution is 2.28. The molecule has 1 heterocycles. The summed E-state index contributed by atoms with van der Waals surface area (Å²) in [6, 6.07) is 11.8. The topological polar surface area (TPSA) is 84.9 Å². The Hall–Kier alpha value is -3.84. The number of ether oxygens (including phenoxy) is 2. The molecule has 0 fully saturated rings. The Labute approximate surface area is 190 Å². The van der Waals surface area contributed by atoms with Crippen molar-refractivity contribution in [2.24, 2.45) is 0 Å².